The van der Waals surface area contributed by atoms with Gasteiger partial charge in [0.25, 0.3) is 0 Å². The van der Waals surface area contributed by atoms with Crippen LogP contribution >= 0.6 is 15.9 Å². The second-order valence-electron chi connectivity index (χ2n) is 4.56. The Morgan fingerprint density at radius 1 is 1.53 bits per heavy atom. The number of H-pyrrole nitrogens is 1. The first kappa shape index (κ1) is 11.0. The van der Waals surface area contributed by atoms with E-state index in [1.54, 1.807) is 0 Å². The van der Waals surface area contributed by atoms with Crippen molar-refractivity contribution in [1.29, 1.82) is 0 Å². The normalized spacial score (nSPS) is 14.5. The fourth-order valence-corrected chi connectivity index (χ4v) is 2.66. The Balaban J connectivity index is 2.06. The van der Waals surface area contributed by atoms with Gasteiger partial charge in [0.2, 0.25) is 0 Å². The molecule has 0 amide bonds. The van der Waals surface area contributed by atoms with Crippen LogP contribution in [0.25, 0.3) is 11.3 Å². The number of fused-ring (bicyclic) bond motifs is 3. The van der Waals surface area contributed by atoms with Crippen molar-refractivity contribution in [2.45, 2.75) is 19.3 Å². The maximum Gasteiger partial charge on any atom is 0.111 e. The van der Waals surface area contributed by atoms with Gasteiger partial charge in [-0.05, 0) is 17.7 Å². The third-order valence-electron chi connectivity index (χ3n) is 3.31. The number of aromatic amines is 1. The number of imidazole rings is 1. The maximum atomic E-state index is 5.67. The summed E-state index contributed by atoms with van der Waals surface area (Å²) in [5.74, 6) is 1.30. The molecule has 0 saturated carbocycles. The predicted molar refractivity (Wildman–Crippen MR) is 72.0 cm³/mol. The van der Waals surface area contributed by atoms with Crippen LogP contribution in [0.5, 0.6) is 0 Å². The predicted octanol–water partition coefficient (Wildman–Crippen LogP) is 2.81. The summed E-state index contributed by atoms with van der Waals surface area (Å²) in [6, 6.07) is 6.36. The van der Waals surface area contributed by atoms with Crippen molar-refractivity contribution in [3.05, 3.63) is 39.8 Å². The van der Waals surface area contributed by atoms with Gasteiger partial charge < -0.3 is 10.7 Å². The van der Waals surface area contributed by atoms with E-state index >= 15 is 0 Å². The van der Waals surface area contributed by atoms with Crippen LogP contribution in [0.1, 0.15) is 29.9 Å². The van der Waals surface area contributed by atoms with Crippen LogP contribution in [-0.2, 0) is 6.42 Å². The number of aromatic nitrogens is 2. The molecule has 3 rings (SSSR count). The minimum absolute atomic E-state index is 0.291. The lowest BCUT2D eigenvalue weighted by atomic mass is 10.1. The zero-order chi connectivity index (χ0) is 12.0. The number of nitrogens with zero attached hydrogens (tertiary/aromatic N) is 1. The van der Waals surface area contributed by atoms with Gasteiger partial charge in [-0.3, -0.25) is 0 Å². The van der Waals surface area contributed by atoms with Gasteiger partial charge in [0.15, 0.2) is 0 Å². The zero-order valence-corrected chi connectivity index (χ0v) is 11.2. The molecule has 1 heterocycles. The average molecular weight is 292 g/mol. The lowest BCUT2D eigenvalue weighted by Gasteiger charge is -2.04. The molecule has 1 aromatic heterocycles. The smallest absolute Gasteiger partial charge is 0.111 e. The Morgan fingerprint density at radius 3 is 3.12 bits per heavy atom. The Hall–Kier alpha value is -1.13. The third kappa shape index (κ3) is 1.72. The maximum absolute atomic E-state index is 5.67. The van der Waals surface area contributed by atoms with E-state index in [0.29, 0.717) is 12.5 Å². The van der Waals surface area contributed by atoms with Crippen molar-refractivity contribution < 1.29 is 0 Å². The number of rotatable bonds is 2. The number of hydrogen-bond donors (Lipinski definition) is 2. The van der Waals surface area contributed by atoms with Gasteiger partial charge in [-0.2, -0.15) is 0 Å². The first-order valence-electron chi connectivity index (χ1n) is 5.76. The van der Waals surface area contributed by atoms with Gasteiger partial charge in [0.1, 0.15) is 5.82 Å². The lowest BCUT2D eigenvalue weighted by molar-refractivity contribution is 0.722. The van der Waals surface area contributed by atoms with Crippen LogP contribution in [0.15, 0.2) is 22.7 Å². The highest BCUT2D eigenvalue weighted by atomic mass is 79.9. The molecule has 3 N–H and O–H groups in total. The van der Waals surface area contributed by atoms with Crippen molar-refractivity contribution in [1.82, 2.24) is 9.97 Å². The molecule has 88 valence electrons. The summed E-state index contributed by atoms with van der Waals surface area (Å²) in [6.07, 6.45) is 0.939. The van der Waals surface area contributed by atoms with Crippen molar-refractivity contribution in [3.63, 3.8) is 0 Å². The molecule has 1 aliphatic carbocycles. The molecular formula is C13H14BrN3. The Labute approximate surface area is 109 Å². The standard InChI is InChI=1S/C13H14BrN3/c1-7(6-15)13-16-11-5-8-4-9(14)2-3-10(8)12(11)17-13/h2-4,7H,5-6,15H2,1H3,(H,16,17). The quantitative estimate of drug-likeness (QED) is 0.763. The van der Waals surface area contributed by atoms with Gasteiger partial charge >= 0.3 is 0 Å². The van der Waals surface area contributed by atoms with Gasteiger partial charge in [0.05, 0.1) is 5.69 Å². The molecule has 0 bridgehead atoms. The van der Waals surface area contributed by atoms with Crippen LogP contribution in [0.2, 0.25) is 0 Å². The average Bonchev–Trinajstić information content (AvgIpc) is 2.84. The SMILES string of the molecule is CC(CN)c1nc2c([nH]1)Cc1cc(Br)ccc1-2. The lowest BCUT2D eigenvalue weighted by Crippen LogP contribution is -2.10. The van der Waals surface area contributed by atoms with Crippen molar-refractivity contribution in [2.24, 2.45) is 5.73 Å². The largest absolute Gasteiger partial charge is 0.345 e. The molecule has 4 heteroatoms. The first-order valence-corrected chi connectivity index (χ1v) is 6.56. The van der Waals surface area contributed by atoms with E-state index in [2.05, 4.69) is 51.0 Å². The highest BCUT2D eigenvalue weighted by Crippen LogP contribution is 2.37. The fraction of sp³-hybridized carbons (Fsp3) is 0.308. The third-order valence-corrected chi connectivity index (χ3v) is 3.80. The summed E-state index contributed by atoms with van der Waals surface area (Å²) in [7, 11) is 0. The molecule has 1 aliphatic rings. The van der Waals surface area contributed by atoms with Crippen LogP contribution in [0.4, 0.5) is 0 Å². The highest BCUT2D eigenvalue weighted by Gasteiger charge is 2.23. The van der Waals surface area contributed by atoms with Crippen LogP contribution in [0, 0.1) is 0 Å². The van der Waals surface area contributed by atoms with Gasteiger partial charge in [0, 0.05) is 34.6 Å². The summed E-state index contributed by atoms with van der Waals surface area (Å²) in [6.45, 7) is 2.72. The molecule has 1 aromatic carbocycles. The minimum Gasteiger partial charge on any atom is -0.345 e. The van der Waals surface area contributed by atoms with E-state index in [9.17, 15) is 0 Å². The molecule has 3 nitrogen and oxygen atoms in total. The van der Waals surface area contributed by atoms with Crippen LogP contribution < -0.4 is 5.73 Å². The monoisotopic (exact) mass is 291 g/mol. The number of nitrogens with one attached hydrogen (secondary N) is 1. The molecule has 0 fully saturated rings. The number of hydrogen-bond acceptors (Lipinski definition) is 2. The van der Waals surface area contributed by atoms with Crippen LogP contribution in [-0.4, -0.2) is 16.5 Å². The summed E-state index contributed by atoms with van der Waals surface area (Å²) >= 11 is 3.50. The number of benzene rings is 1. The first-order chi connectivity index (χ1) is 8.19. The van der Waals surface area contributed by atoms with E-state index in [1.807, 2.05) is 0 Å². The van der Waals surface area contributed by atoms with Gasteiger partial charge in [-0.1, -0.05) is 28.9 Å². The van der Waals surface area contributed by atoms with E-state index < -0.39 is 0 Å². The van der Waals surface area contributed by atoms with E-state index in [1.165, 1.54) is 16.8 Å². The van der Waals surface area contributed by atoms with Crippen molar-refractivity contribution in [3.8, 4) is 11.3 Å². The van der Waals surface area contributed by atoms with E-state index in [4.69, 9.17) is 5.73 Å². The fourth-order valence-electron chi connectivity index (χ4n) is 2.26. The zero-order valence-electron chi connectivity index (χ0n) is 9.63. The molecule has 0 aliphatic heterocycles. The molecule has 1 atom stereocenters. The van der Waals surface area contributed by atoms with Crippen molar-refractivity contribution >= 4 is 15.9 Å². The second kappa shape index (κ2) is 3.96. The van der Waals surface area contributed by atoms with Crippen LogP contribution in [0.3, 0.4) is 0 Å². The molecule has 2 aromatic rings. The summed E-state index contributed by atoms with van der Waals surface area (Å²) in [5.41, 5.74) is 10.6. The topological polar surface area (TPSA) is 54.7 Å². The number of halogens is 1. The number of nitrogens with two attached hydrogens (primary N) is 1. The van der Waals surface area contributed by atoms with Crippen molar-refractivity contribution in [2.75, 3.05) is 6.54 Å². The Morgan fingerprint density at radius 2 is 2.35 bits per heavy atom. The molecular weight excluding hydrogens is 278 g/mol. The summed E-state index contributed by atoms with van der Waals surface area (Å²) in [4.78, 5) is 8.09. The molecule has 0 radical (unpaired) electrons. The van der Waals surface area contributed by atoms with E-state index in [0.717, 1.165) is 22.4 Å². The molecule has 1 unspecified atom stereocenters. The Kier molecular flexibility index (Phi) is 2.56. The van der Waals surface area contributed by atoms with Gasteiger partial charge in [-0.15, -0.1) is 0 Å². The summed E-state index contributed by atoms with van der Waals surface area (Å²) < 4.78 is 1.12. The Bertz CT molecular complexity index is 574. The van der Waals surface area contributed by atoms with Gasteiger partial charge in [-0.25, -0.2) is 4.98 Å². The summed E-state index contributed by atoms with van der Waals surface area (Å²) in [5, 5.41) is 0. The minimum atomic E-state index is 0.291. The molecule has 17 heavy (non-hydrogen) atoms. The second-order valence-corrected chi connectivity index (χ2v) is 5.48. The highest BCUT2D eigenvalue weighted by molar-refractivity contribution is 9.10. The molecule has 0 saturated heterocycles. The van der Waals surface area contributed by atoms with E-state index in [-0.39, 0.29) is 0 Å². The molecule has 0 spiro atoms.